The van der Waals surface area contributed by atoms with Gasteiger partial charge in [-0.25, -0.2) is 17.6 Å². The minimum atomic E-state index is -3.60. The van der Waals surface area contributed by atoms with Crippen LogP contribution >= 0.6 is 45.3 Å². The van der Waals surface area contributed by atoms with Gasteiger partial charge in [0.1, 0.15) is 0 Å². The van der Waals surface area contributed by atoms with Gasteiger partial charge in [-0.1, -0.05) is 26.7 Å². The summed E-state index contributed by atoms with van der Waals surface area (Å²) in [7, 11) is 0. The summed E-state index contributed by atoms with van der Waals surface area (Å²) in [5.41, 5.74) is -0.974. The van der Waals surface area contributed by atoms with Gasteiger partial charge in [0.25, 0.3) is 0 Å². The first kappa shape index (κ1) is 76.5. The van der Waals surface area contributed by atoms with Gasteiger partial charge >= 0.3 is 551 Å². The van der Waals surface area contributed by atoms with Crippen molar-refractivity contribution in [3.8, 4) is 52.9 Å². The number of nitrogens with zero attached hydrogens (tertiary/aromatic N) is 4. The number of ketones is 2. The number of unbranched alkanes of at least 4 members (excludes halogenated alkanes) is 10. The fourth-order valence-corrected chi connectivity index (χ4v) is 36.1. The number of allylic oxidation sites excluding steroid dienone is 6. The van der Waals surface area contributed by atoms with Crippen molar-refractivity contribution in [2.75, 3.05) is 13.2 Å². The molecule has 0 spiro atoms. The monoisotopic (exact) mass is 1480 g/mol. The summed E-state index contributed by atoms with van der Waals surface area (Å²) in [5.74, 6) is -3.05. The molecule has 0 radical (unpaired) electrons. The summed E-state index contributed by atoms with van der Waals surface area (Å²) >= 11 is 2.93. The van der Waals surface area contributed by atoms with Crippen LogP contribution in [0.3, 0.4) is 0 Å². The van der Waals surface area contributed by atoms with Crippen LogP contribution in [0.25, 0.3) is 62.3 Å². The SMILES string of the molecule is [C-]#[N+]C(C#N)=C1/C(=C/c2cc(OCC(CCCC)CCCCCC)c(-c3c[c]4c(s3)-c3sc(-c5sc(/C=C6\C(=O)c7cc(F)c(F)cc7\C6=C(\C#N)[N+]#[C-])cc5OCC(CCCC)CCCCCC)c[c]3[Ge]4([CH2]C(CC)CCCC)[CH2]C(CC)CCCC)s2)C(=O)c2cc(F)c(F)cc21. The van der Waals surface area contributed by atoms with Crippen LogP contribution in [0.5, 0.6) is 11.5 Å². The van der Waals surface area contributed by atoms with E-state index in [-0.39, 0.29) is 44.5 Å². The molecule has 6 aromatic rings. The molecule has 4 atom stereocenters. The van der Waals surface area contributed by atoms with Crippen molar-refractivity contribution in [3.05, 3.63) is 149 Å². The molecule has 4 aromatic heterocycles. The molecule has 522 valence electrons. The molecule has 0 saturated heterocycles. The number of hydrogen-bond acceptors (Lipinski definition) is 10. The Hall–Kier alpha value is -6.64. The van der Waals surface area contributed by atoms with Crippen LogP contribution in [0, 0.1) is 82.7 Å². The van der Waals surface area contributed by atoms with Crippen molar-refractivity contribution in [1.29, 1.82) is 10.5 Å². The number of fused-ring (bicyclic) bond motifs is 5. The molecule has 8 nitrogen and oxygen atoms in total. The zero-order valence-corrected chi connectivity index (χ0v) is 64.3. The first-order chi connectivity index (χ1) is 48.0. The Morgan fingerprint density at radius 3 is 1.14 bits per heavy atom. The van der Waals surface area contributed by atoms with E-state index >= 15 is 8.78 Å². The molecule has 17 heteroatoms. The van der Waals surface area contributed by atoms with Gasteiger partial charge in [0.2, 0.25) is 0 Å². The van der Waals surface area contributed by atoms with Crippen LogP contribution in [-0.2, 0) is 0 Å². The van der Waals surface area contributed by atoms with E-state index in [1.807, 2.05) is 24.3 Å². The molecule has 99 heavy (non-hydrogen) atoms. The summed E-state index contributed by atoms with van der Waals surface area (Å²) in [6.45, 7) is 35.1. The van der Waals surface area contributed by atoms with Crippen molar-refractivity contribution in [3.63, 3.8) is 0 Å². The Kier molecular flexibility index (Phi) is 28.1. The van der Waals surface area contributed by atoms with Crippen molar-refractivity contribution >= 4 is 102 Å². The molecule has 1 aliphatic heterocycles. The number of thiophene rings is 4. The third-order valence-electron chi connectivity index (χ3n) is 20.4. The number of ether oxygens (including phenoxy) is 2. The summed E-state index contributed by atoms with van der Waals surface area (Å²) in [5, 5.41) is 22.8. The van der Waals surface area contributed by atoms with Gasteiger partial charge < -0.3 is 13.1 Å². The molecule has 4 unspecified atom stereocenters. The standard InChI is InChI=1S/C82H94F4GeN4O4S4/c1-11-19-25-27-33-53(31-23-15-5)49-94-71-37-55(35-61-75(69(47-88)90-9)57-39-63(83)65(85)41-59(57)77(61)92)96-81(71)73-43-67-79(98-73)80-68(87(67,45-51(17-7)29-21-13-3)46-52(18-8)30-22-14-4)44-74(99-80)82-72(95-50-54(32-24-16-6)34-28-26-20-12-2)38-56(97-82)36-62-76(70(48-89)91-10)58-40-64(84)66(86)42-60(58)78(62)93/h35-44,51-54H,11-34,45-46,49-50H2,1-8H3/b61-35-,62-36-,75-69+,76-70?. The minimum absolute atomic E-state index is 0.0105. The van der Waals surface area contributed by atoms with Gasteiger partial charge in [-0.05, 0) is 0 Å². The van der Waals surface area contributed by atoms with Crippen molar-refractivity contribution in [2.24, 2.45) is 23.7 Å². The molecule has 0 fully saturated rings. The van der Waals surface area contributed by atoms with Crippen molar-refractivity contribution in [1.82, 2.24) is 0 Å². The number of rotatable bonds is 38. The Balaban J connectivity index is 1.27. The van der Waals surface area contributed by atoms with Crippen molar-refractivity contribution in [2.45, 2.75) is 220 Å². The van der Waals surface area contributed by atoms with Crippen LogP contribution in [-0.4, -0.2) is 38.0 Å². The number of Topliss-reactive ketones (excluding diaryl/α,β-unsaturated/α-hetero) is 2. The van der Waals surface area contributed by atoms with E-state index in [2.05, 4.69) is 77.2 Å². The molecule has 5 heterocycles. The summed E-state index contributed by atoms with van der Waals surface area (Å²) in [6, 6.07) is 16.3. The molecule has 0 amide bonds. The molecular weight excluding hydrogens is 1380 g/mol. The summed E-state index contributed by atoms with van der Waals surface area (Å²) in [4.78, 5) is 43.7. The van der Waals surface area contributed by atoms with E-state index in [1.165, 1.54) is 54.1 Å². The Morgan fingerprint density at radius 2 is 0.808 bits per heavy atom. The van der Waals surface area contributed by atoms with Gasteiger partial charge in [-0.15, -0.1) is 0 Å². The first-order valence-corrected chi connectivity index (χ1v) is 44.7. The molecule has 3 aliphatic rings. The van der Waals surface area contributed by atoms with Crippen LogP contribution in [0.1, 0.15) is 251 Å². The molecule has 9 rings (SSSR count). The second-order valence-electron chi connectivity index (χ2n) is 27.3. The third-order valence-corrected chi connectivity index (χ3v) is 37.4. The number of carbonyl (C=O) groups is 2. The molecule has 0 bridgehead atoms. The number of halogens is 4. The van der Waals surface area contributed by atoms with E-state index in [4.69, 9.17) is 22.6 Å². The summed E-state index contributed by atoms with van der Waals surface area (Å²) < 4.78 is 77.4. The molecule has 0 N–H and O–H groups in total. The quantitative estimate of drug-likeness (QED) is 0.00954. The van der Waals surface area contributed by atoms with E-state index < -0.39 is 59.5 Å². The van der Waals surface area contributed by atoms with Crippen LogP contribution < -0.4 is 18.3 Å². The van der Waals surface area contributed by atoms with Crippen LogP contribution in [0.4, 0.5) is 17.6 Å². The Bertz CT molecular complexity index is 3910. The number of benzene rings is 2. The molecule has 2 aromatic carbocycles. The molecule has 2 aliphatic carbocycles. The molecule has 0 saturated carbocycles. The average molecular weight is 1480 g/mol. The first-order valence-electron chi connectivity index (χ1n) is 36.4. The van der Waals surface area contributed by atoms with E-state index in [0.717, 1.165) is 196 Å². The van der Waals surface area contributed by atoms with E-state index in [1.54, 1.807) is 34.8 Å². The Morgan fingerprint density at radius 1 is 0.465 bits per heavy atom. The van der Waals surface area contributed by atoms with E-state index in [0.29, 0.717) is 58.1 Å². The van der Waals surface area contributed by atoms with Gasteiger partial charge in [0.05, 0.1) is 0 Å². The predicted molar refractivity (Wildman–Crippen MR) is 406 cm³/mol. The maximum atomic E-state index is 15.1. The summed E-state index contributed by atoms with van der Waals surface area (Å²) in [6.07, 6.45) is 29.6. The van der Waals surface area contributed by atoms with Crippen LogP contribution in [0.2, 0.25) is 10.5 Å². The fourth-order valence-electron chi connectivity index (χ4n) is 14.9. The maximum absolute atomic E-state index is 15.1. The Labute approximate surface area is 604 Å². The van der Waals surface area contributed by atoms with Gasteiger partial charge in [-0.3, -0.25) is 0 Å². The topological polar surface area (TPSA) is 109 Å². The predicted octanol–water partition coefficient (Wildman–Crippen LogP) is 25.0. The fraction of sp³-hybridized carbons (Fsp3) is 0.488. The average Bonchev–Trinajstić information content (AvgIpc) is 1.54. The molecular formula is C82H94F4GeN4O4S4. The second kappa shape index (κ2) is 36.3. The zero-order chi connectivity index (χ0) is 70.9. The third kappa shape index (κ3) is 17.3. The second-order valence-corrected chi connectivity index (χ2v) is 40.1. The number of hydrogen-bond donors (Lipinski definition) is 0. The zero-order valence-electron chi connectivity index (χ0n) is 58.9. The van der Waals surface area contributed by atoms with Crippen LogP contribution in [0.15, 0.2) is 71.1 Å². The van der Waals surface area contributed by atoms with Crippen molar-refractivity contribution < 1.29 is 36.6 Å². The van der Waals surface area contributed by atoms with Gasteiger partial charge in [0.15, 0.2) is 0 Å². The van der Waals surface area contributed by atoms with Gasteiger partial charge in [-0.2, -0.15) is 0 Å². The van der Waals surface area contributed by atoms with E-state index in [9.17, 15) is 28.9 Å². The number of nitriles is 2. The van der Waals surface area contributed by atoms with Gasteiger partial charge in [0, 0.05) is 0 Å². The number of carbonyl (C=O) groups excluding carboxylic acids is 2. The normalized spacial score (nSPS) is 17.6.